The molecule has 0 fully saturated rings. The Kier molecular flexibility index (Phi) is 10.9. The number of aliphatic carboxylic acids is 1. The molecule has 0 unspecified atom stereocenters. The third-order valence-electron chi connectivity index (χ3n) is 0.175. The van der Waals surface area contributed by atoms with E-state index in [1.807, 2.05) is 0 Å². The zero-order valence-corrected chi connectivity index (χ0v) is 10.0. The van der Waals surface area contributed by atoms with Crippen LogP contribution in [-0.4, -0.2) is 61.3 Å². The van der Waals surface area contributed by atoms with Crippen molar-refractivity contribution in [2.45, 2.75) is 0 Å². The van der Waals surface area contributed by atoms with E-state index in [-0.39, 0.29) is 0 Å². The first-order valence-corrected chi connectivity index (χ1v) is 5.01. The zero-order valence-electron chi connectivity index (χ0n) is 9.21. The lowest BCUT2D eigenvalue weighted by Gasteiger charge is -2.14. The molecule has 0 bridgehead atoms. The molecule has 0 saturated heterocycles. The lowest BCUT2D eigenvalue weighted by molar-refractivity contribution is -0.849. The summed E-state index contributed by atoms with van der Waals surface area (Å²) in [5, 5.41) is 7.60. The summed E-state index contributed by atoms with van der Waals surface area (Å²) in [6.07, 6.45) is 0.833. The Balaban J connectivity index is -0.000000144. The van der Waals surface area contributed by atoms with Gasteiger partial charge in [-0.05, 0) is 0 Å². The Morgan fingerprint density at radius 2 is 1.27 bits per heavy atom. The van der Waals surface area contributed by atoms with Gasteiger partial charge in [-0.25, -0.2) is 4.79 Å². The van der Waals surface area contributed by atoms with E-state index in [0.29, 0.717) is 0 Å². The summed E-state index contributed by atoms with van der Waals surface area (Å²) in [6, 6.07) is 0. The summed E-state index contributed by atoms with van der Waals surface area (Å²) in [6.45, 7) is 2.96. The predicted octanol–water partition coefficient (Wildman–Crippen LogP) is -0.0734. The summed E-state index contributed by atoms with van der Waals surface area (Å²) in [4.78, 5) is 9.25. The van der Waals surface area contributed by atoms with Crippen LogP contribution in [0.1, 0.15) is 0 Å². The molecule has 92 valence electrons. The van der Waals surface area contributed by atoms with Crippen LogP contribution in [0.2, 0.25) is 0 Å². The Morgan fingerprint density at radius 3 is 1.27 bits per heavy atom. The van der Waals surface area contributed by atoms with Crippen molar-refractivity contribution >= 4 is 16.4 Å². The highest BCUT2D eigenvalue weighted by Crippen LogP contribution is 1.73. The van der Waals surface area contributed by atoms with Crippen LogP contribution < -0.4 is 0 Å². The van der Waals surface area contributed by atoms with Crippen molar-refractivity contribution in [1.29, 1.82) is 0 Å². The van der Waals surface area contributed by atoms with E-state index in [2.05, 4.69) is 34.8 Å². The Bertz CT molecular complexity index is 262. The first kappa shape index (κ1) is 19.6. The van der Waals surface area contributed by atoms with Crippen LogP contribution in [0.15, 0.2) is 12.7 Å². The number of carboxylic acids is 1. The highest BCUT2D eigenvalue weighted by Gasteiger charge is 1.88. The number of carbonyl (C=O) groups is 1. The Hall–Kier alpha value is -0.960. The van der Waals surface area contributed by atoms with Gasteiger partial charge in [0.2, 0.25) is 0 Å². The molecule has 7 nitrogen and oxygen atoms in total. The number of carboxylic acid groups (broad SMARTS) is 1. The topological polar surface area (TPSA) is 112 Å². The van der Waals surface area contributed by atoms with Gasteiger partial charge in [0, 0.05) is 6.08 Å². The van der Waals surface area contributed by atoms with Crippen molar-refractivity contribution in [1.82, 2.24) is 0 Å². The van der Waals surface area contributed by atoms with Gasteiger partial charge in [-0.2, -0.15) is 8.42 Å². The molecule has 0 aliphatic carbocycles. The van der Waals surface area contributed by atoms with E-state index < -0.39 is 16.4 Å². The fourth-order valence-corrected chi connectivity index (χ4v) is 0. The molecule has 0 atom stereocenters. The highest BCUT2D eigenvalue weighted by atomic mass is 32.3. The number of quaternary nitrogens is 1. The molecule has 0 radical (unpaired) electrons. The summed E-state index contributed by atoms with van der Waals surface area (Å²) in [5.41, 5.74) is 0. The van der Waals surface area contributed by atoms with E-state index in [0.717, 1.165) is 10.6 Å². The van der Waals surface area contributed by atoms with Gasteiger partial charge in [-0.15, -0.1) is 0 Å². The molecular weight excluding hydrogens is 226 g/mol. The monoisotopic (exact) mass is 244 g/mol. The van der Waals surface area contributed by atoms with Crippen molar-refractivity contribution in [2.75, 3.05) is 28.2 Å². The number of rotatable bonds is 1. The van der Waals surface area contributed by atoms with E-state index in [9.17, 15) is 4.79 Å². The van der Waals surface area contributed by atoms with Gasteiger partial charge in [-0.3, -0.25) is 9.11 Å². The minimum absolute atomic E-state index is 0.833. The van der Waals surface area contributed by atoms with Gasteiger partial charge in [0.05, 0.1) is 28.2 Å². The minimum atomic E-state index is -4.67. The van der Waals surface area contributed by atoms with Crippen molar-refractivity contribution in [2.24, 2.45) is 0 Å². The minimum Gasteiger partial charge on any atom is -0.478 e. The summed E-state index contributed by atoms with van der Waals surface area (Å²) >= 11 is 0. The summed E-state index contributed by atoms with van der Waals surface area (Å²) in [5.74, 6) is -0.981. The third kappa shape index (κ3) is 1470. The van der Waals surface area contributed by atoms with Crippen LogP contribution in [0.25, 0.3) is 0 Å². The molecule has 0 rings (SSSR count). The van der Waals surface area contributed by atoms with Crippen LogP contribution >= 0.6 is 0 Å². The lowest BCUT2D eigenvalue weighted by atomic mass is 10.7. The van der Waals surface area contributed by atoms with Crippen molar-refractivity contribution in [3.63, 3.8) is 0 Å². The van der Waals surface area contributed by atoms with Crippen LogP contribution in [0.5, 0.6) is 0 Å². The Labute approximate surface area is 89.8 Å². The van der Waals surface area contributed by atoms with Crippen molar-refractivity contribution in [3.05, 3.63) is 12.7 Å². The molecular formula is C7H18NO6S+. The summed E-state index contributed by atoms with van der Waals surface area (Å²) < 4.78 is 32.6. The smallest absolute Gasteiger partial charge is 0.394 e. The Morgan fingerprint density at radius 1 is 1.20 bits per heavy atom. The van der Waals surface area contributed by atoms with E-state index in [4.69, 9.17) is 22.6 Å². The maximum Gasteiger partial charge on any atom is 0.394 e. The second-order valence-electron chi connectivity index (χ2n) is 3.67. The molecule has 0 aliphatic heterocycles. The van der Waals surface area contributed by atoms with Crippen molar-refractivity contribution in [3.8, 4) is 0 Å². The highest BCUT2D eigenvalue weighted by molar-refractivity contribution is 7.79. The molecule has 0 aromatic rings. The van der Waals surface area contributed by atoms with Crippen LogP contribution in [0.3, 0.4) is 0 Å². The van der Waals surface area contributed by atoms with E-state index in [1.165, 1.54) is 0 Å². The quantitative estimate of drug-likeness (QED) is 0.338. The molecule has 0 amide bonds. The molecule has 0 aromatic heterocycles. The van der Waals surface area contributed by atoms with E-state index >= 15 is 0 Å². The molecule has 0 heterocycles. The molecule has 3 N–H and O–H groups in total. The SMILES string of the molecule is C=CC(=O)O.C[N+](C)(C)C.O=S(=O)(O)O. The molecule has 15 heavy (non-hydrogen) atoms. The van der Waals surface area contributed by atoms with Gasteiger partial charge in [0.25, 0.3) is 0 Å². The number of hydrogen-bond donors (Lipinski definition) is 3. The predicted molar refractivity (Wildman–Crippen MR) is 56.0 cm³/mol. The molecule has 8 heteroatoms. The average molecular weight is 244 g/mol. The van der Waals surface area contributed by atoms with Gasteiger partial charge in [0.15, 0.2) is 0 Å². The van der Waals surface area contributed by atoms with Gasteiger partial charge in [-0.1, -0.05) is 6.58 Å². The fourth-order valence-electron chi connectivity index (χ4n) is 0. The van der Waals surface area contributed by atoms with Gasteiger partial charge < -0.3 is 9.59 Å². The number of nitrogens with zero attached hydrogens (tertiary/aromatic N) is 1. The second-order valence-corrected chi connectivity index (χ2v) is 4.57. The van der Waals surface area contributed by atoms with Crippen molar-refractivity contribution < 1.29 is 31.9 Å². The maximum atomic E-state index is 9.25. The first-order valence-electron chi connectivity index (χ1n) is 3.61. The van der Waals surface area contributed by atoms with Crippen LogP contribution in [0.4, 0.5) is 0 Å². The molecule has 0 saturated carbocycles. The third-order valence-corrected chi connectivity index (χ3v) is 0.175. The first-order chi connectivity index (χ1) is 6.27. The molecule has 0 spiro atoms. The van der Waals surface area contributed by atoms with Crippen LogP contribution in [0, 0.1) is 0 Å². The van der Waals surface area contributed by atoms with Crippen LogP contribution in [-0.2, 0) is 15.2 Å². The van der Waals surface area contributed by atoms with Gasteiger partial charge in [0.1, 0.15) is 0 Å². The standard InChI is InChI=1S/C4H12N.C3H4O2.H2O4S/c1-5(2,3)4;1-2-3(4)5;1-5(2,3)4/h1-4H3;2H,1H2,(H,4,5);(H2,1,2,3,4)/q+1;;. The number of hydrogen-bond acceptors (Lipinski definition) is 3. The van der Waals surface area contributed by atoms with Gasteiger partial charge >= 0.3 is 16.4 Å². The van der Waals surface area contributed by atoms with E-state index in [1.54, 1.807) is 0 Å². The molecule has 0 aliphatic rings. The molecule has 0 aromatic carbocycles. The normalized spacial score (nSPS) is 10.0. The zero-order chi connectivity index (χ0) is 13.3. The largest absolute Gasteiger partial charge is 0.478 e. The summed E-state index contributed by atoms with van der Waals surface area (Å²) in [7, 11) is 3.83. The second kappa shape index (κ2) is 8.36. The fraction of sp³-hybridized carbons (Fsp3) is 0.571. The lowest BCUT2D eigenvalue weighted by Crippen LogP contribution is -2.27. The maximum absolute atomic E-state index is 9.25. The average Bonchev–Trinajstić information content (AvgIpc) is 1.79.